The van der Waals surface area contributed by atoms with E-state index in [2.05, 4.69) is 10.3 Å². The molecule has 3 N–H and O–H groups in total. The maximum absolute atomic E-state index is 15.4. The lowest BCUT2D eigenvalue weighted by Crippen LogP contribution is -2.66. The minimum Gasteiger partial charge on any atom is -0.481 e. The Morgan fingerprint density at radius 1 is 1.14 bits per heavy atom. The molecule has 1 saturated heterocycles. The van der Waals surface area contributed by atoms with Crippen LogP contribution < -0.4 is 19.5 Å². The van der Waals surface area contributed by atoms with Gasteiger partial charge in [-0.3, -0.25) is 24.0 Å². The fraction of sp³-hybridized carbons (Fsp3) is 0.625. The Hall–Kier alpha value is -4.68. The van der Waals surface area contributed by atoms with Crippen LogP contribution in [-0.2, 0) is 24.4 Å². The topological polar surface area (TPSA) is 185 Å². The number of fused-ring (bicyclic) bond motifs is 3. The smallest absolute Gasteiger partial charge is 0.408 e. The van der Waals surface area contributed by atoms with Gasteiger partial charge in [0.15, 0.2) is 0 Å². The summed E-state index contributed by atoms with van der Waals surface area (Å²) in [4.78, 5) is 62.6. The van der Waals surface area contributed by atoms with Gasteiger partial charge in [-0.25, -0.2) is 30.8 Å². The predicted octanol–water partition coefficient (Wildman–Crippen LogP) is 5.35. The number of pyridine rings is 1. The van der Waals surface area contributed by atoms with Gasteiger partial charge >= 0.3 is 6.09 Å². The normalized spacial score (nSPS) is 28.7. The van der Waals surface area contributed by atoms with Crippen LogP contribution in [0.1, 0.15) is 79.6 Å². The first-order valence-corrected chi connectivity index (χ1v) is 21.1. The molecule has 2 aliphatic carbocycles. The molecule has 3 fully saturated rings. The zero-order chi connectivity index (χ0) is 43.5. The number of aromatic nitrogens is 1. The molecule has 6 rings (SSSR count). The standard InChI is InChI=1S/C40H51F4N5O9S/c1-22-9-7-8-10-25-19-40(25,35(52)47-59(55,56)39(21-41)13-14-39)46-32(50)29-18-27(58-33-28-12-11-26(42)16-24(28)17-30(45-33)57-6)20-48(29)34(51)31(23(2)15-22)49(36(53)54)37(3,4)38(5,43)44/h8,10-12,16-17,22-23,25,27,29,31H,7,9,13-15,18-21H2,1-6H3,(H,46,50)(H,47,52)(H,53,54)/t22-,23-,25-,27-,29+,31+,40-/m1/s1. The van der Waals surface area contributed by atoms with Crippen molar-refractivity contribution >= 4 is 44.6 Å². The van der Waals surface area contributed by atoms with Crippen LogP contribution in [-0.4, -0.2) is 112 Å². The van der Waals surface area contributed by atoms with E-state index in [1.54, 1.807) is 19.1 Å². The number of allylic oxidation sites excluding steroid dienone is 1. The lowest BCUT2D eigenvalue weighted by molar-refractivity contribution is -0.156. The van der Waals surface area contributed by atoms with Gasteiger partial charge in [0.1, 0.15) is 46.5 Å². The number of alkyl halides is 3. The number of ether oxygens (including phenoxy) is 2. The summed E-state index contributed by atoms with van der Waals surface area (Å²) >= 11 is 0. The van der Waals surface area contributed by atoms with E-state index < -0.39 is 98.1 Å². The Balaban J connectivity index is 1.44. The fourth-order valence-electron chi connectivity index (χ4n) is 8.34. The third-order valence-corrected chi connectivity index (χ3v) is 14.7. The number of rotatable bonds is 10. The number of sulfonamides is 1. The zero-order valence-corrected chi connectivity index (χ0v) is 34.6. The van der Waals surface area contributed by atoms with Crippen molar-refractivity contribution in [2.24, 2.45) is 17.8 Å². The molecule has 0 bridgehead atoms. The second-order valence-corrected chi connectivity index (χ2v) is 19.3. The Kier molecular flexibility index (Phi) is 11.7. The van der Waals surface area contributed by atoms with E-state index in [0.717, 1.165) is 18.7 Å². The van der Waals surface area contributed by atoms with E-state index in [4.69, 9.17) is 9.47 Å². The van der Waals surface area contributed by atoms with Crippen LogP contribution >= 0.6 is 0 Å². The highest BCUT2D eigenvalue weighted by Gasteiger charge is 2.64. The number of carbonyl (C=O) groups excluding carboxylic acids is 3. The van der Waals surface area contributed by atoms with Crippen molar-refractivity contribution in [1.29, 1.82) is 0 Å². The molecule has 0 radical (unpaired) electrons. The van der Waals surface area contributed by atoms with Crippen molar-refractivity contribution in [1.82, 2.24) is 24.8 Å². The number of carboxylic acid groups (broad SMARTS) is 1. The minimum atomic E-state index is -4.50. The van der Waals surface area contributed by atoms with E-state index in [0.29, 0.717) is 35.4 Å². The van der Waals surface area contributed by atoms with Gasteiger partial charge in [-0.1, -0.05) is 26.0 Å². The number of hydrogen-bond donors (Lipinski definition) is 3. The minimum absolute atomic E-state index is 0.00755. The fourth-order valence-corrected chi connectivity index (χ4v) is 9.76. The van der Waals surface area contributed by atoms with Crippen molar-refractivity contribution in [3.63, 3.8) is 0 Å². The Morgan fingerprint density at radius 2 is 1.83 bits per heavy atom. The molecule has 19 heteroatoms. The molecule has 2 saturated carbocycles. The maximum Gasteiger partial charge on any atom is 0.408 e. The summed E-state index contributed by atoms with van der Waals surface area (Å²) in [5.74, 6) is -8.88. The van der Waals surface area contributed by atoms with Gasteiger partial charge in [0.05, 0.1) is 13.7 Å². The summed E-state index contributed by atoms with van der Waals surface area (Å²) < 4.78 is 97.1. The first-order chi connectivity index (χ1) is 27.5. The zero-order valence-electron chi connectivity index (χ0n) is 33.8. The average molecular weight is 854 g/mol. The van der Waals surface area contributed by atoms with Crippen molar-refractivity contribution in [3.8, 4) is 11.8 Å². The molecular weight excluding hydrogens is 803 g/mol. The third kappa shape index (κ3) is 8.27. The summed E-state index contributed by atoms with van der Waals surface area (Å²) in [5.41, 5.74) is -4.25. The molecule has 3 heterocycles. The summed E-state index contributed by atoms with van der Waals surface area (Å²) in [7, 11) is -3.16. The summed E-state index contributed by atoms with van der Waals surface area (Å²) in [6.07, 6.45) is 1.52. The van der Waals surface area contributed by atoms with Crippen LogP contribution in [0.5, 0.6) is 11.8 Å². The molecule has 2 aliphatic heterocycles. The number of benzene rings is 1. The molecule has 0 unspecified atom stereocenters. The SMILES string of the molecule is COc1cc2cc(F)ccc2c(O[C@@H]2C[C@H]3C(=O)N[C@]4(C(=O)NS(=O)(=O)C5(CF)CC5)C[C@H]4C=CCC[C@@H](C)C[C@@H](C)[C@H](N(C(=O)O)C(C)(C)C(C)(F)F)C(=O)N3C2)n1. The van der Waals surface area contributed by atoms with E-state index in [1.807, 2.05) is 11.6 Å². The van der Waals surface area contributed by atoms with Gasteiger partial charge in [-0.2, -0.15) is 4.98 Å². The molecule has 2 aromatic rings. The van der Waals surface area contributed by atoms with Crippen LogP contribution in [0.25, 0.3) is 10.8 Å². The van der Waals surface area contributed by atoms with Crippen molar-refractivity contribution < 1.29 is 59.7 Å². The number of methoxy groups -OCH3 is 1. The van der Waals surface area contributed by atoms with Crippen LogP contribution in [0.15, 0.2) is 36.4 Å². The van der Waals surface area contributed by atoms with Crippen LogP contribution in [0.4, 0.5) is 22.4 Å². The average Bonchev–Trinajstić information content (AvgIpc) is 4.05. The Labute approximate surface area is 340 Å². The van der Waals surface area contributed by atoms with Crippen LogP contribution in [0.2, 0.25) is 0 Å². The third-order valence-electron chi connectivity index (χ3n) is 12.6. The molecule has 59 heavy (non-hydrogen) atoms. The van der Waals surface area contributed by atoms with Gasteiger partial charge in [0, 0.05) is 30.7 Å². The molecule has 0 spiro atoms. The largest absolute Gasteiger partial charge is 0.481 e. The second-order valence-electron chi connectivity index (χ2n) is 17.2. The number of amides is 4. The van der Waals surface area contributed by atoms with Crippen LogP contribution in [0, 0.1) is 23.6 Å². The number of nitrogens with one attached hydrogen (secondary N) is 2. The molecule has 14 nitrogen and oxygen atoms in total. The van der Waals surface area contributed by atoms with E-state index >= 15 is 13.6 Å². The highest BCUT2D eigenvalue weighted by Crippen LogP contribution is 2.48. The highest BCUT2D eigenvalue weighted by molar-refractivity contribution is 7.91. The maximum atomic E-state index is 15.4. The van der Waals surface area contributed by atoms with E-state index in [1.165, 1.54) is 31.4 Å². The quantitative estimate of drug-likeness (QED) is 0.208. The van der Waals surface area contributed by atoms with Crippen molar-refractivity contribution in [2.75, 3.05) is 20.3 Å². The predicted molar refractivity (Wildman–Crippen MR) is 206 cm³/mol. The molecular formula is C40H51F4N5O9S. The number of halogens is 4. The van der Waals surface area contributed by atoms with Gasteiger partial charge in [0.25, 0.3) is 11.8 Å². The van der Waals surface area contributed by atoms with E-state index in [-0.39, 0.29) is 56.3 Å². The monoisotopic (exact) mass is 853 g/mol. The first-order valence-electron chi connectivity index (χ1n) is 19.6. The van der Waals surface area contributed by atoms with Crippen molar-refractivity contribution in [3.05, 3.63) is 42.2 Å². The van der Waals surface area contributed by atoms with Gasteiger partial charge in [0.2, 0.25) is 33.6 Å². The molecule has 1 aromatic heterocycles. The van der Waals surface area contributed by atoms with Gasteiger partial charge in [-0.05, 0) is 87.8 Å². The second kappa shape index (κ2) is 15.7. The first kappa shape index (κ1) is 43.9. The Morgan fingerprint density at radius 3 is 2.44 bits per heavy atom. The van der Waals surface area contributed by atoms with Crippen LogP contribution in [0.3, 0.4) is 0 Å². The van der Waals surface area contributed by atoms with Gasteiger partial charge < -0.3 is 24.8 Å². The van der Waals surface area contributed by atoms with Crippen molar-refractivity contribution in [2.45, 2.75) is 119 Å². The summed E-state index contributed by atoms with van der Waals surface area (Å²) in [6.45, 7) is 4.47. The summed E-state index contributed by atoms with van der Waals surface area (Å²) in [6, 6.07) is 2.05. The number of nitrogens with zero attached hydrogens (tertiary/aromatic N) is 3. The van der Waals surface area contributed by atoms with Gasteiger partial charge in [-0.15, -0.1) is 0 Å². The number of hydrogen-bond acceptors (Lipinski definition) is 9. The Bertz CT molecular complexity index is 2150. The molecule has 7 atom stereocenters. The molecule has 4 amide bonds. The lowest BCUT2D eigenvalue weighted by atomic mass is 9.84. The molecule has 1 aromatic carbocycles. The molecule has 324 valence electrons. The lowest BCUT2D eigenvalue weighted by Gasteiger charge is -2.47. The summed E-state index contributed by atoms with van der Waals surface area (Å²) in [5, 5.41) is 14.0. The highest BCUT2D eigenvalue weighted by atomic mass is 32.2. The molecule has 4 aliphatic rings. The number of carbonyl (C=O) groups is 4. The van der Waals surface area contributed by atoms with E-state index in [9.17, 15) is 36.7 Å².